The maximum atomic E-state index is 10.7. The number of aliphatic hydroxyl groups is 1. The van der Waals surface area contributed by atoms with Crippen LogP contribution in [0.5, 0.6) is 11.5 Å². The highest BCUT2D eigenvalue weighted by atomic mass is 16.5. The van der Waals surface area contributed by atoms with Gasteiger partial charge in [-0.15, -0.1) is 0 Å². The van der Waals surface area contributed by atoms with Gasteiger partial charge >= 0.3 is 5.97 Å². The Morgan fingerprint density at radius 3 is 2.13 bits per heavy atom. The maximum absolute atomic E-state index is 10.7. The van der Waals surface area contributed by atoms with E-state index in [4.69, 9.17) is 14.6 Å². The Morgan fingerprint density at radius 2 is 1.80 bits per heavy atom. The molecule has 6 heteroatoms. The Kier molecular flexibility index (Phi) is 3.46. The van der Waals surface area contributed by atoms with E-state index >= 15 is 0 Å². The summed E-state index contributed by atoms with van der Waals surface area (Å²) < 4.78 is 9.79. The molecule has 0 bridgehead atoms. The van der Waals surface area contributed by atoms with E-state index in [1.807, 2.05) is 0 Å². The van der Waals surface area contributed by atoms with Crippen molar-refractivity contribution < 1.29 is 24.5 Å². The van der Waals surface area contributed by atoms with E-state index in [-0.39, 0.29) is 17.1 Å². The van der Waals surface area contributed by atoms with Crippen LogP contribution in [0.4, 0.5) is 0 Å². The molecule has 0 aliphatic heterocycles. The van der Waals surface area contributed by atoms with Gasteiger partial charge < -0.3 is 19.7 Å². The molecule has 0 aliphatic carbocycles. The Morgan fingerprint density at radius 1 is 1.33 bits per heavy atom. The summed E-state index contributed by atoms with van der Waals surface area (Å²) in [6.45, 7) is 0. The Balaban J connectivity index is 3.27. The van der Waals surface area contributed by atoms with Crippen molar-refractivity contribution in [2.75, 3.05) is 14.2 Å². The van der Waals surface area contributed by atoms with Crippen molar-refractivity contribution in [3.05, 3.63) is 18.0 Å². The molecule has 0 spiro atoms. The topological polar surface area (TPSA) is 88.9 Å². The van der Waals surface area contributed by atoms with E-state index in [1.54, 1.807) is 0 Å². The average Bonchev–Trinajstić information content (AvgIpc) is 2.26. The molecular formula is C9H11NO5. The summed E-state index contributed by atoms with van der Waals surface area (Å²) in [5.41, 5.74) is 0.0579. The molecule has 2 N–H and O–H groups in total. The van der Waals surface area contributed by atoms with E-state index < -0.39 is 12.1 Å². The Labute approximate surface area is 86.1 Å². The number of pyridine rings is 1. The number of hydrogen-bond donors (Lipinski definition) is 2. The lowest BCUT2D eigenvalue weighted by molar-refractivity contribution is -0.147. The van der Waals surface area contributed by atoms with Crippen molar-refractivity contribution >= 4 is 5.97 Å². The first kappa shape index (κ1) is 11.3. The van der Waals surface area contributed by atoms with E-state index in [9.17, 15) is 9.90 Å². The van der Waals surface area contributed by atoms with Crippen molar-refractivity contribution in [3.8, 4) is 11.5 Å². The first-order chi connectivity index (χ1) is 7.11. The number of methoxy groups -OCH3 is 2. The van der Waals surface area contributed by atoms with Crippen molar-refractivity contribution in [2.24, 2.45) is 0 Å². The van der Waals surface area contributed by atoms with Gasteiger partial charge in [0, 0.05) is 0 Å². The van der Waals surface area contributed by atoms with Gasteiger partial charge in [0.15, 0.2) is 6.10 Å². The van der Waals surface area contributed by atoms with E-state index in [0.717, 1.165) is 0 Å². The first-order valence-corrected chi connectivity index (χ1v) is 4.08. The molecule has 15 heavy (non-hydrogen) atoms. The quantitative estimate of drug-likeness (QED) is 0.743. The number of carboxylic acid groups (broad SMARTS) is 1. The largest absolute Gasteiger partial charge is 0.495 e. The molecule has 0 saturated carbocycles. The van der Waals surface area contributed by atoms with Crippen molar-refractivity contribution in [1.82, 2.24) is 4.98 Å². The van der Waals surface area contributed by atoms with Gasteiger partial charge in [-0.2, -0.15) is 0 Å². The zero-order valence-electron chi connectivity index (χ0n) is 8.30. The number of ether oxygens (including phenoxy) is 2. The molecule has 1 rings (SSSR count). The minimum absolute atomic E-state index is 0.0579. The minimum Gasteiger partial charge on any atom is -0.495 e. The summed E-state index contributed by atoms with van der Waals surface area (Å²) in [6.07, 6.45) is 0.923. The maximum Gasteiger partial charge on any atom is 0.337 e. The predicted molar refractivity (Wildman–Crippen MR) is 49.9 cm³/mol. The second kappa shape index (κ2) is 4.61. The third-order valence-corrected chi connectivity index (χ3v) is 1.86. The first-order valence-electron chi connectivity index (χ1n) is 4.08. The van der Waals surface area contributed by atoms with Crippen LogP contribution in [0.25, 0.3) is 0 Å². The molecule has 0 aromatic carbocycles. The number of carbonyl (C=O) groups is 1. The lowest BCUT2D eigenvalue weighted by atomic mass is 10.1. The number of aliphatic hydroxyl groups excluding tert-OH is 1. The summed E-state index contributed by atoms with van der Waals surface area (Å²) in [7, 11) is 2.71. The lowest BCUT2D eigenvalue weighted by Crippen LogP contribution is -2.13. The van der Waals surface area contributed by atoms with Gasteiger partial charge in [0.2, 0.25) is 0 Å². The fraction of sp³-hybridized carbons (Fsp3) is 0.333. The minimum atomic E-state index is -1.70. The third kappa shape index (κ3) is 2.16. The number of hydrogen-bond acceptors (Lipinski definition) is 5. The van der Waals surface area contributed by atoms with E-state index in [0.29, 0.717) is 0 Å². The van der Waals surface area contributed by atoms with Crippen LogP contribution in [-0.2, 0) is 4.79 Å². The highest BCUT2D eigenvalue weighted by Gasteiger charge is 2.25. The molecule has 0 aliphatic rings. The predicted octanol–water partition coefficient (Wildman–Crippen LogP) is 0.217. The molecule has 1 unspecified atom stereocenters. The number of aliphatic carboxylic acids is 1. The molecule has 82 valence electrons. The highest BCUT2D eigenvalue weighted by molar-refractivity contribution is 5.76. The van der Waals surface area contributed by atoms with Gasteiger partial charge in [0.1, 0.15) is 11.5 Å². The number of carboxylic acids is 1. The van der Waals surface area contributed by atoms with Crippen LogP contribution in [0.3, 0.4) is 0 Å². The van der Waals surface area contributed by atoms with Crippen molar-refractivity contribution in [3.63, 3.8) is 0 Å². The summed E-state index contributed by atoms with van der Waals surface area (Å²) in [6, 6.07) is 0. The molecule has 0 saturated heterocycles. The lowest BCUT2D eigenvalue weighted by Gasteiger charge is -2.14. The third-order valence-electron chi connectivity index (χ3n) is 1.86. The molecule has 1 aromatic heterocycles. The van der Waals surface area contributed by atoms with Crippen molar-refractivity contribution in [1.29, 1.82) is 0 Å². The summed E-state index contributed by atoms with van der Waals surface area (Å²) in [5, 5.41) is 18.1. The van der Waals surface area contributed by atoms with Crippen LogP contribution in [0, 0.1) is 0 Å². The molecule has 0 fully saturated rings. The Hall–Kier alpha value is -1.82. The number of rotatable bonds is 4. The van der Waals surface area contributed by atoms with Gasteiger partial charge in [0.05, 0.1) is 32.2 Å². The molecular weight excluding hydrogens is 202 g/mol. The van der Waals surface area contributed by atoms with Gasteiger partial charge in [0.25, 0.3) is 0 Å². The van der Waals surface area contributed by atoms with Gasteiger partial charge in [-0.25, -0.2) is 4.79 Å². The normalized spacial score (nSPS) is 11.9. The second-order valence-corrected chi connectivity index (χ2v) is 2.70. The van der Waals surface area contributed by atoms with E-state index in [1.165, 1.54) is 26.6 Å². The van der Waals surface area contributed by atoms with E-state index in [2.05, 4.69) is 4.98 Å². The molecule has 0 amide bonds. The zero-order chi connectivity index (χ0) is 11.4. The molecule has 0 radical (unpaired) electrons. The Bertz CT molecular complexity index is 343. The molecule has 6 nitrogen and oxygen atoms in total. The average molecular weight is 213 g/mol. The molecule has 1 aromatic rings. The van der Waals surface area contributed by atoms with Crippen LogP contribution in [0.15, 0.2) is 12.4 Å². The summed E-state index contributed by atoms with van der Waals surface area (Å²) in [5.74, 6) is -1.04. The summed E-state index contributed by atoms with van der Waals surface area (Å²) >= 11 is 0. The number of aromatic nitrogens is 1. The van der Waals surface area contributed by atoms with Crippen LogP contribution in [-0.4, -0.2) is 35.4 Å². The van der Waals surface area contributed by atoms with Gasteiger partial charge in [-0.1, -0.05) is 0 Å². The fourth-order valence-corrected chi connectivity index (χ4v) is 1.15. The zero-order valence-corrected chi connectivity index (χ0v) is 8.30. The molecule has 1 heterocycles. The van der Waals surface area contributed by atoms with Crippen molar-refractivity contribution in [2.45, 2.75) is 6.10 Å². The second-order valence-electron chi connectivity index (χ2n) is 2.70. The van der Waals surface area contributed by atoms with Gasteiger partial charge in [-0.05, 0) is 0 Å². The van der Waals surface area contributed by atoms with Crippen LogP contribution in [0.2, 0.25) is 0 Å². The highest BCUT2D eigenvalue weighted by Crippen LogP contribution is 2.32. The smallest absolute Gasteiger partial charge is 0.337 e. The van der Waals surface area contributed by atoms with Crippen LogP contribution in [0.1, 0.15) is 11.7 Å². The molecule has 1 atom stereocenters. The van der Waals surface area contributed by atoms with Crippen LogP contribution < -0.4 is 9.47 Å². The summed E-state index contributed by atoms with van der Waals surface area (Å²) in [4.78, 5) is 14.4. The monoisotopic (exact) mass is 213 g/mol. The standard InChI is InChI=1S/C9H11NO5/c1-14-5-3-10-4-6(15-2)7(5)8(11)9(12)13/h3-4,8,11H,1-2H3,(H,12,13). The number of nitrogens with zero attached hydrogens (tertiary/aromatic N) is 1. The van der Waals surface area contributed by atoms with Gasteiger partial charge in [-0.3, -0.25) is 4.98 Å². The SMILES string of the molecule is COc1cncc(OC)c1C(O)C(=O)O. The fourth-order valence-electron chi connectivity index (χ4n) is 1.15. The van der Waals surface area contributed by atoms with Crippen LogP contribution >= 0.6 is 0 Å².